The van der Waals surface area contributed by atoms with Crippen LogP contribution in [-0.2, 0) is 4.79 Å². The normalized spacial score (nSPS) is 14.7. The van der Waals surface area contributed by atoms with Gasteiger partial charge in [0, 0.05) is 22.9 Å². The lowest BCUT2D eigenvalue weighted by molar-refractivity contribution is -0.122. The summed E-state index contributed by atoms with van der Waals surface area (Å²) in [4.78, 5) is 13.0. The highest BCUT2D eigenvalue weighted by Crippen LogP contribution is 2.38. The van der Waals surface area contributed by atoms with Crippen molar-refractivity contribution in [3.8, 4) is 5.75 Å². The average Bonchev–Trinajstić information content (AvgIpc) is 3.50. The molecule has 1 fully saturated rings. The Morgan fingerprint density at radius 2 is 1.76 bits per heavy atom. The standard InChI is InChI=1S/C24H22N2O3/c1-28-22-13-18-17-9-5-6-10-20(17)29-21(18)14-19(22)26-23(15-7-3-2-4-8-15)24(27)25-16-11-12-16/h2-10,13-14,16,23,26H,11-12H2,1H3,(H,25,27)/t23-/m0/s1. The minimum absolute atomic E-state index is 0.0366. The van der Waals surface area contributed by atoms with Crippen molar-refractivity contribution in [2.24, 2.45) is 0 Å². The molecule has 0 spiro atoms. The van der Waals surface area contributed by atoms with Gasteiger partial charge in [0.25, 0.3) is 0 Å². The molecule has 29 heavy (non-hydrogen) atoms. The third kappa shape index (κ3) is 3.40. The van der Waals surface area contributed by atoms with Gasteiger partial charge in [-0.1, -0.05) is 48.5 Å². The van der Waals surface area contributed by atoms with Crippen molar-refractivity contribution >= 4 is 33.5 Å². The number of rotatable bonds is 6. The van der Waals surface area contributed by atoms with Crippen LogP contribution in [0.3, 0.4) is 0 Å². The lowest BCUT2D eigenvalue weighted by Crippen LogP contribution is -2.34. The van der Waals surface area contributed by atoms with Gasteiger partial charge in [-0.05, 0) is 30.5 Å². The monoisotopic (exact) mass is 386 g/mol. The summed E-state index contributed by atoms with van der Waals surface area (Å²) in [5.41, 5.74) is 3.20. The number of fused-ring (bicyclic) bond motifs is 3. The van der Waals surface area contributed by atoms with Gasteiger partial charge < -0.3 is 19.8 Å². The highest BCUT2D eigenvalue weighted by atomic mass is 16.5. The second-order valence-corrected chi connectivity index (χ2v) is 7.42. The van der Waals surface area contributed by atoms with Gasteiger partial charge in [0.2, 0.25) is 5.91 Å². The molecule has 1 heterocycles. The third-order valence-electron chi connectivity index (χ3n) is 5.32. The first-order valence-electron chi connectivity index (χ1n) is 9.84. The van der Waals surface area contributed by atoms with Crippen LogP contribution in [0, 0.1) is 0 Å². The second kappa shape index (κ2) is 7.17. The number of carbonyl (C=O) groups excluding carboxylic acids is 1. The largest absolute Gasteiger partial charge is 0.495 e. The van der Waals surface area contributed by atoms with Gasteiger partial charge in [-0.2, -0.15) is 0 Å². The van der Waals surface area contributed by atoms with Gasteiger partial charge in [-0.15, -0.1) is 0 Å². The lowest BCUT2D eigenvalue weighted by atomic mass is 10.0. The fourth-order valence-corrected chi connectivity index (χ4v) is 3.65. The molecule has 0 saturated heterocycles. The SMILES string of the molecule is COc1cc2c(cc1N[C@H](C(=O)NC1CC1)c1ccccc1)oc1ccccc12. The number of methoxy groups -OCH3 is 1. The molecule has 4 aromatic rings. The first-order chi connectivity index (χ1) is 14.2. The zero-order chi connectivity index (χ0) is 19.8. The topological polar surface area (TPSA) is 63.5 Å². The molecule has 3 aromatic carbocycles. The number of anilines is 1. The highest BCUT2D eigenvalue weighted by Gasteiger charge is 2.29. The molecule has 1 aliphatic rings. The van der Waals surface area contributed by atoms with Crippen molar-refractivity contribution in [3.63, 3.8) is 0 Å². The molecular weight excluding hydrogens is 364 g/mol. The molecule has 1 saturated carbocycles. The zero-order valence-electron chi connectivity index (χ0n) is 16.1. The van der Waals surface area contributed by atoms with Crippen molar-refractivity contribution in [3.05, 3.63) is 72.3 Å². The number of nitrogens with one attached hydrogen (secondary N) is 2. The molecule has 1 aromatic heterocycles. The van der Waals surface area contributed by atoms with E-state index in [-0.39, 0.29) is 11.9 Å². The molecule has 1 atom stereocenters. The molecular formula is C24H22N2O3. The van der Waals surface area contributed by atoms with Gasteiger partial charge in [0.05, 0.1) is 12.8 Å². The molecule has 1 aliphatic carbocycles. The van der Waals surface area contributed by atoms with Crippen LogP contribution in [0.5, 0.6) is 5.75 Å². The summed E-state index contributed by atoms with van der Waals surface area (Å²) in [5, 5.41) is 8.52. The molecule has 5 heteroatoms. The number of hydrogen-bond donors (Lipinski definition) is 2. The number of ether oxygens (including phenoxy) is 1. The Bertz CT molecular complexity index is 1180. The zero-order valence-corrected chi connectivity index (χ0v) is 16.1. The number of furan rings is 1. The van der Waals surface area contributed by atoms with Crippen LogP contribution in [0.15, 0.2) is 71.1 Å². The first-order valence-corrected chi connectivity index (χ1v) is 9.84. The van der Waals surface area contributed by atoms with Gasteiger partial charge in [0.15, 0.2) is 0 Å². The maximum absolute atomic E-state index is 13.0. The Morgan fingerprint density at radius 3 is 2.52 bits per heavy atom. The molecule has 0 unspecified atom stereocenters. The van der Waals surface area contributed by atoms with E-state index >= 15 is 0 Å². The molecule has 0 aliphatic heterocycles. The first kappa shape index (κ1) is 17.6. The number of carbonyl (C=O) groups is 1. The summed E-state index contributed by atoms with van der Waals surface area (Å²) in [6.07, 6.45) is 2.09. The maximum atomic E-state index is 13.0. The van der Waals surface area contributed by atoms with E-state index in [9.17, 15) is 4.79 Å². The van der Waals surface area contributed by atoms with Gasteiger partial charge >= 0.3 is 0 Å². The van der Waals surface area contributed by atoms with Crippen LogP contribution in [0.25, 0.3) is 21.9 Å². The summed E-state index contributed by atoms with van der Waals surface area (Å²) in [5.74, 6) is 0.634. The van der Waals surface area contributed by atoms with Crippen molar-refractivity contribution in [2.45, 2.75) is 24.9 Å². The smallest absolute Gasteiger partial charge is 0.247 e. The molecule has 146 valence electrons. The quantitative estimate of drug-likeness (QED) is 0.488. The molecule has 0 bridgehead atoms. The van der Waals surface area contributed by atoms with Crippen molar-refractivity contribution in [1.82, 2.24) is 5.32 Å². The lowest BCUT2D eigenvalue weighted by Gasteiger charge is -2.21. The second-order valence-electron chi connectivity index (χ2n) is 7.42. The van der Waals surface area contributed by atoms with Gasteiger partial charge in [-0.25, -0.2) is 0 Å². The number of benzene rings is 3. The molecule has 5 nitrogen and oxygen atoms in total. The number of amides is 1. The Labute approximate surface area is 168 Å². The maximum Gasteiger partial charge on any atom is 0.247 e. The van der Waals surface area contributed by atoms with Crippen molar-refractivity contribution < 1.29 is 13.9 Å². The predicted octanol–water partition coefficient (Wildman–Crippen LogP) is 5.03. The average molecular weight is 386 g/mol. The Morgan fingerprint density at radius 1 is 1.00 bits per heavy atom. The highest BCUT2D eigenvalue weighted by molar-refractivity contribution is 6.06. The molecule has 2 N–H and O–H groups in total. The van der Waals surface area contributed by atoms with E-state index in [2.05, 4.69) is 10.6 Å². The third-order valence-corrected chi connectivity index (χ3v) is 5.32. The van der Waals surface area contributed by atoms with Crippen LogP contribution < -0.4 is 15.4 Å². The Balaban J connectivity index is 1.56. The van der Waals surface area contributed by atoms with E-state index < -0.39 is 6.04 Å². The van der Waals surface area contributed by atoms with Crippen LogP contribution in [-0.4, -0.2) is 19.1 Å². The Kier molecular flexibility index (Phi) is 4.35. The summed E-state index contributed by atoms with van der Waals surface area (Å²) < 4.78 is 11.7. The van der Waals surface area contributed by atoms with Crippen LogP contribution in [0.1, 0.15) is 24.4 Å². The van der Waals surface area contributed by atoms with E-state index in [4.69, 9.17) is 9.15 Å². The van der Waals surface area contributed by atoms with E-state index in [0.717, 1.165) is 46.0 Å². The summed E-state index contributed by atoms with van der Waals surface area (Å²) in [6, 6.07) is 21.3. The molecule has 0 radical (unpaired) electrons. The molecule has 1 amide bonds. The van der Waals surface area contributed by atoms with E-state index in [1.54, 1.807) is 7.11 Å². The minimum Gasteiger partial charge on any atom is -0.495 e. The van der Waals surface area contributed by atoms with Crippen LogP contribution in [0.2, 0.25) is 0 Å². The van der Waals surface area contributed by atoms with E-state index in [1.165, 1.54) is 0 Å². The number of hydrogen-bond acceptors (Lipinski definition) is 4. The fraction of sp³-hybridized carbons (Fsp3) is 0.208. The van der Waals surface area contributed by atoms with Crippen molar-refractivity contribution in [1.29, 1.82) is 0 Å². The summed E-state index contributed by atoms with van der Waals surface area (Å²) in [6.45, 7) is 0. The summed E-state index contributed by atoms with van der Waals surface area (Å²) >= 11 is 0. The van der Waals surface area contributed by atoms with Crippen LogP contribution >= 0.6 is 0 Å². The fourth-order valence-electron chi connectivity index (χ4n) is 3.65. The van der Waals surface area contributed by atoms with Gasteiger partial charge in [0.1, 0.15) is 23.0 Å². The predicted molar refractivity (Wildman–Crippen MR) is 114 cm³/mol. The van der Waals surface area contributed by atoms with Crippen molar-refractivity contribution in [2.75, 3.05) is 12.4 Å². The van der Waals surface area contributed by atoms with E-state index in [0.29, 0.717) is 5.75 Å². The van der Waals surface area contributed by atoms with Crippen LogP contribution in [0.4, 0.5) is 5.69 Å². The Hall–Kier alpha value is -3.47. The number of para-hydroxylation sites is 1. The van der Waals surface area contributed by atoms with Gasteiger partial charge in [-0.3, -0.25) is 4.79 Å². The molecule has 5 rings (SSSR count). The summed E-state index contributed by atoms with van der Waals surface area (Å²) in [7, 11) is 1.64. The minimum atomic E-state index is -0.521. The van der Waals surface area contributed by atoms with E-state index in [1.807, 2.05) is 66.7 Å².